The van der Waals surface area contributed by atoms with Crippen LogP contribution in [-0.2, 0) is 5.91 Å². The minimum atomic E-state index is -0.515. The third-order valence-corrected chi connectivity index (χ3v) is 30.0. The number of aromatic amines is 2. The second-order valence-electron chi connectivity index (χ2n) is 33.9. The largest absolute Gasteiger partial charge is 0.553 e. The number of rotatable bonds is 0. The first kappa shape index (κ1) is 50.5. The number of aromatic nitrogens is 6. The lowest BCUT2D eigenvalue weighted by Crippen LogP contribution is -2.70. The highest BCUT2D eigenvalue weighted by molar-refractivity contribution is 6.22. The van der Waals surface area contributed by atoms with Crippen molar-refractivity contribution in [3.05, 3.63) is 251 Å². The van der Waals surface area contributed by atoms with Crippen molar-refractivity contribution < 1.29 is 9.15 Å². The summed E-state index contributed by atoms with van der Waals surface area (Å²) >= 11 is 0. The monoisotopic (exact) mass is 1250 g/mol. The second-order valence-corrected chi connectivity index (χ2v) is 33.9. The van der Waals surface area contributed by atoms with Gasteiger partial charge in [0.2, 0.25) is 22.8 Å². The van der Waals surface area contributed by atoms with Gasteiger partial charge in [-0.2, -0.15) is 9.13 Å². The Morgan fingerprint density at radius 1 is 0.278 bits per heavy atom. The van der Waals surface area contributed by atoms with Crippen molar-refractivity contribution in [3.63, 3.8) is 0 Å². The van der Waals surface area contributed by atoms with Crippen LogP contribution in [0.1, 0.15) is 229 Å². The molecule has 17 unspecified atom stereocenters. The normalized spacial score (nSPS) is 37.0. The first-order valence-electron chi connectivity index (χ1n) is 38.3. The first-order valence-corrected chi connectivity index (χ1v) is 38.3. The van der Waals surface area contributed by atoms with Crippen molar-refractivity contribution in [2.45, 2.75) is 156 Å². The maximum Gasteiger partial charge on any atom is 0.553 e. The van der Waals surface area contributed by atoms with Crippen molar-refractivity contribution in [2.24, 2.45) is 47.3 Å². The smallest absolute Gasteiger partial charge is 0.355 e. The fourth-order valence-corrected chi connectivity index (χ4v) is 26.5. The maximum absolute atomic E-state index is 5.57. The molecular weight excluding hydrogens is 1180 g/mol. The molecule has 0 amide bonds. The van der Waals surface area contributed by atoms with Gasteiger partial charge in [-0.15, -0.1) is 0 Å². The third kappa shape index (κ3) is 5.62. The molecule has 8 heteroatoms. The Bertz CT molecular complexity index is 5670. The molecule has 32 aliphatic rings. The summed E-state index contributed by atoms with van der Waals surface area (Å²) < 4.78 is 11.7. The van der Waals surface area contributed by atoms with Crippen LogP contribution in [0.5, 0.6) is 0 Å². The van der Waals surface area contributed by atoms with Gasteiger partial charge in [-0.3, -0.25) is 0 Å². The van der Waals surface area contributed by atoms with E-state index in [-0.39, 0.29) is 0 Å². The van der Waals surface area contributed by atoms with Crippen LogP contribution in [0.3, 0.4) is 0 Å². The number of H-pyrrole nitrogens is 2. The Morgan fingerprint density at radius 2 is 0.577 bits per heavy atom. The zero-order chi connectivity index (χ0) is 61.6. The lowest BCUT2D eigenvalue weighted by Gasteiger charge is -2.38. The van der Waals surface area contributed by atoms with Gasteiger partial charge >= 0.3 is 5.91 Å². The van der Waals surface area contributed by atoms with Gasteiger partial charge < -0.3 is 9.97 Å². The molecular formula is C89H74N8+2. The van der Waals surface area contributed by atoms with Crippen LogP contribution < -0.4 is 10.7 Å². The molecule has 5 aromatic rings. The predicted molar refractivity (Wildman–Crippen MR) is 382 cm³/mol. The van der Waals surface area contributed by atoms with E-state index in [1.807, 2.05) is 0 Å². The number of allylic oxidation sites excluding steroid dienone is 25. The molecule has 97 heavy (non-hydrogen) atoms. The number of fused-ring (bicyclic) bond motifs is 16. The van der Waals surface area contributed by atoms with Crippen LogP contribution in [0.15, 0.2) is 161 Å². The van der Waals surface area contributed by atoms with Gasteiger partial charge in [0, 0.05) is 151 Å². The highest BCUT2D eigenvalue weighted by Gasteiger charge is 2.76. The van der Waals surface area contributed by atoms with Crippen LogP contribution in [0, 0.1) is 47.3 Å². The van der Waals surface area contributed by atoms with Gasteiger partial charge in [-0.1, -0.05) is 106 Å². The van der Waals surface area contributed by atoms with E-state index in [0.29, 0.717) is 94.7 Å². The standard InChI is InChI=1S/C45H36N4.C44H38N4/c1-2-22-4-3-21(1)37-29-17-31-39-23-5-7-25(8-6-23)41(39)33-19-35-43-27-13-15-28(16-14-27)44(43)36-20-34-42-26-11-9-24(10-12-26)40(42)32-18-30(38(22)37)46(29)45(47(31)33,48(32)34)49(35)36;1-2-22-4-3-21(1)37-29-17-31-39-23-5-7-25(8-6-23)41(39)33(46-31)19-35-43-27-13-15-28(16-14-27)44(43)36(48-35)20-34-42-26-11-9-24(10-12-26)40(42)32(47-34)18-30(45-29)38(22)37/h1-2,5,7,9,11,13,15,17-28H,3-4,6,8,10,12,14,16H2;1-2,5,7,9,11,13,15,17-28,45-46H,3-4,6,8,10,12,14,16H2/q+2;. The molecule has 0 saturated carbocycles. The number of nitrogens with zero attached hydrogens (tertiary/aromatic N) is 6. The van der Waals surface area contributed by atoms with Gasteiger partial charge in [-0.25, -0.2) is 9.97 Å². The van der Waals surface area contributed by atoms with Crippen LogP contribution >= 0.6 is 0 Å². The predicted octanol–water partition coefficient (Wildman–Crippen LogP) is 16.8. The molecule has 13 heterocycles. The number of hydrogen-bond acceptors (Lipinski definition) is 2. The summed E-state index contributed by atoms with van der Waals surface area (Å²) in [7, 11) is 0. The van der Waals surface area contributed by atoms with E-state index in [9.17, 15) is 0 Å². The molecule has 0 aromatic carbocycles. The quantitative estimate of drug-likeness (QED) is 0.120. The fourth-order valence-electron chi connectivity index (χ4n) is 26.5. The molecule has 8 aliphatic heterocycles. The van der Waals surface area contributed by atoms with E-state index in [1.165, 1.54) is 226 Å². The molecule has 24 bridgehead atoms. The van der Waals surface area contributed by atoms with Crippen LogP contribution in [0.2, 0.25) is 0 Å². The Labute approximate surface area is 562 Å². The SMILES string of the molecule is C1=CC2CCC1C1=C2C2=[N+]3C1=Cc1c4c(c5n1C31n3c(c6c(c3=C5)C3C=CC6CC3)=CC3=[N+]1C(=C2)C1=C3C2C=CC1CC2)C1C=CC4CC1.C1=CC2CCC1C1=C2c2cc3[nH]c(cc4[nH]c(cc5nc(cc1n2)C1=C5C2C=CC1CC2)c1c4C2C=CC1CC2)c1c3C2C=CC1CC2. The molecule has 8 nitrogen and oxygen atoms in total. The molecule has 17 atom stereocenters. The van der Waals surface area contributed by atoms with E-state index in [4.69, 9.17) is 9.97 Å². The zero-order valence-electron chi connectivity index (χ0n) is 54.6. The van der Waals surface area contributed by atoms with E-state index in [1.54, 1.807) is 44.5 Å². The van der Waals surface area contributed by atoms with Crippen molar-refractivity contribution in [2.75, 3.05) is 0 Å². The van der Waals surface area contributed by atoms with Crippen molar-refractivity contribution in [1.82, 2.24) is 29.1 Å². The molecule has 24 aliphatic carbocycles. The van der Waals surface area contributed by atoms with Gasteiger partial charge in [0.05, 0.1) is 50.9 Å². The Balaban J connectivity index is 0.000000109. The van der Waals surface area contributed by atoms with Crippen molar-refractivity contribution in [1.29, 1.82) is 0 Å². The number of hydrogen-bond donors (Lipinski definition) is 2. The second kappa shape index (κ2) is 16.6. The Hall–Kier alpha value is -8.88. The van der Waals surface area contributed by atoms with Gasteiger partial charge in [0.25, 0.3) is 0 Å². The maximum atomic E-state index is 5.57. The average molecular weight is 1260 g/mol. The van der Waals surface area contributed by atoms with E-state index >= 15 is 0 Å². The Kier molecular flexibility index (Phi) is 8.65. The summed E-state index contributed by atoms with van der Waals surface area (Å²) in [6.45, 7) is 0. The third-order valence-electron chi connectivity index (χ3n) is 30.0. The molecule has 1 spiro atoms. The average Bonchev–Trinajstić information content (AvgIpc) is 1.39. The highest BCUT2D eigenvalue weighted by Crippen LogP contribution is 2.64. The van der Waals surface area contributed by atoms with Crippen LogP contribution in [0.4, 0.5) is 0 Å². The Morgan fingerprint density at radius 3 is 0.979 bits per heavy atom. The molecule has 5 aromatic heterocycles. The number of nitrogens with one attached hydrogen (secondary N) is 2. The first-order chi connectivity index (χ1) is 48.0. The molecule has 0 fully saturated rings. The zero-order valence-corrected chi connectivity index (χ0v) is 54.6. The van der Waals surface area contributed by atoms with E-state index in [0.717, 1.165) is 11.4 Å². The molecule has 0 radical (unpaired) electrons. The summed E-state index contributed by atoms with van der Waals surface area (Å²) in [5.41, 5.74) is 44.2. The summed E-state index contributed by atoms with van der Waals surface area (Å²) in [4.78, 5) is 19.2. The van der Waals surface area contributed by atoms with Crippen LogP contribution in [-0.4, -0.2) is 49.6 Å². The molecule has 37 rings (SSSR count). The molecule has 468 valence electrons. The fraction of sp³-hybridized carbons (Fsp3) is 0.371. The van der Waals surface area contributed by atoms with E-state index in [2.05, 4.69) is 174 Å². The summed E-state index contributed by atoms with van der Waals surface area (Å²) in [6.07, 6.45) is 71.5. The highest BCUT2D eigenvalue weighted by atomic mass is 15.6. The molecule has 2 N–H and O–H groups in total. The van der Waals surface area contributed by atoms with Gasteiger partial charge in [-0.05, 0) is 200 Å². The minimum Gasteiger partial charge on any atom is -0.355 e. The van der Waals surface area contributed by atoms with Crippen molar-refractivity contribution in [3.8, 4) is 0 Å². The van der Waals surface area contributed by atoms with Gasteiger partial charge in [0.1, 0.15) is 0 Å². The van der Waals surface area contributed by atoms with Crippen molar-refractivity contribution >= 4 is 74.0 Å². The summed E-state index contributed by atoms with van der Waals surface area (Å²) in [5, 5.41) is 3.03. The summed E-state index contributed by atoms with van der Waals surface area (Å²) in [6, 6.07) is 9.78. The van der Waals surface area contributed by atoms with E-state index < -0.39 is 5.91 Å². The van der Waals surface area contributed by atoms with Gasteiger partial charge in [0.15, 0.2) is 0 Å². The topological polar surface area (TPSA) is 73.2 Å². The lowest BCUT2D eigenvalue weighted by molar-refractivity contribution is -0.837. The molecule has 0 saturated heterocycles. The van der Waals surface area contributed by atoms with Crippen LogP contribution in [0.25, 0.3) is 62.6 Å². The minimum absolute atomic E-state index is 0.452. The lowest BCUT2D eigenvalue weighted by atomic mass is 9.69. The summed E-state index contributed by atoms with van der Waals surface area (Å²) in [5.74, 6) is 7.42.